The van der Waals surface area contributed by atoms with E-state index in [0.29, 0.717) is 0 Å². The van der Waals surface area contributed by atoms with E-state index in [1.807, 2.05) is 6.33 Å². The zero-order chi connectivity index (χ0) is 16.8. The Morgan fingerprint density at radius 2 is 1.92 bits per heavy atom. The summed E-state index contributed by atoms with van der Waals surface area (Å²) >= 11 is 0. The molecule has 1 fully saturated rings. The topological polar surface area (TPSA) is 48.5 Å². The Hall–Kier alpha value is -2.14. The van der Waals surface area contributed by atoms with Crippen molar-refractivity contribution in [2.24, 2.45) is 5.92 Å². The fourth-order valence-corrected chi connectivity index (χ4v) is 4.31. The molecule has 3 aromatic rings. The fraction of sp³-hybridized carbons (Fsp3) is 0.450. The molecule has 0 N–H and O–H groups in total. The summed E-state index contributed by atoms with van der Waals surface area (Å²) in [5, 5.41) is 4.89. The number of benzene rings is 1. The van der Waals surface area contributed by atoms with Crippen LogP contribution in [-0.2, 0) is 13.0 Å². The molecule has 1 aliphatic carbocycles. The van der Waals surface area contributed by atoms with Crippen LogP contribution in [0.1, 0.15) is 49.3 Å². The van der Waals surface area contributed by atoms with E-state index in [2.05, 4.69) is 45.4 Å². The van der Waals surface area contributed by atoms with E-state index in [1.54, 1.807) is 0 Å². The van der Waals surface area contributed by atoms with Crippen LogP contribution in [0.15, 0.2) is 30.6 Å². The van der Waals surface area contributed by atoms with Crippen molar-refractivity contribution in [3.05, 3.63) is 47.8 Å². The first kappa shape index (κ1) is 17.3. The molecular weight excluding hydrogens is 346 g/mol. The van der Waals surface area contributed by atoms with E-state index in [9.17, 15) is 0 Å². The van der Waals surface area contributed by atoms with Gasteiger partial charge < -0.3 is 4.57 Å². The molecule has 136 valence electrons. The number of halogens is 1. The van der Waals surface area contributed by atoms with Crippen LogP contribution in [0.2, 0.25) is 0 Å². The summed E-state index contributed by atoms with van der Waals surface area (Å²) in [6.45, 7) is 2.80. The number of nitrogens with zero attached hydrogens (tertiary/aromatic N) is 5. The van der Waals surface area contributed by atoms with Gasteiger partial charge in [-0.05, 0) is 25.0 Å². The summed E-state index contributed by atoms with van der Waals surface area (Å²) in [5.74, 6) is 2.75. The maximum absolute atomic E-state index is 4.96. The Labute approximate surface area is 159 Å². The van der Waals surface area contributed by atoms with Crippen LogP contribution >= 0.6 is 12.4 Å². The van der Waals surface area contributed by atoms with Gasteiger partial charge in [0, 0.05) is 12.0 Å². The van der Waals surface area contributed by atoms with Crippen LogP contribution < -0.4 is 0 Å². The average Bonchev–Trinajstić information content (AvgIpc) is 3.17. The summed E-state index contributed by atoms with van der Waals surface area (Å²) < 4.78 is 4.26. The number of hydrogen-bond acceptors (Lipinski definition) is 3. The zero-order valence-electron chi connectivity index (χ0n) is 15.1. The summed E-state index contributed by atoms with van der Waals surface area (Å²) in [5.41, 5.74) is 4.54. The lowest BCUT2D eigenvalue weighted by molar-refractivity contribution is 0.351. The predicted octanol–water partition coefficient (Wildman–Crippen LogP) is 4.35. The maximum atomic E-state index is 4.96. The molecule has 1 aromatic carbocycles. The lowest BCUT2D eigenvalue weighted by atomic mass is 9.87. The van der Waals surface area contributed by atoms with Crippen LogP contribution in [0.4, 0.5) is 0 Å². The van der Waals surface area contributed by atoms with Crippen molar-refractivity contribution in [2.75, 3.05) is 0 Å². The third-order valence-electron chi connectivity index (χ3n) is 5.69. The number of rotatable bonds is 2. The molecule has 0 unspecified atom stereocenters. The molecule has 5 nitrogen and oxygen atoms in total. The minimum atomic E-state index is 0. The van der Waals surface area contributed by atoms with Crippen LogP contribution in [0.3, 0.4) is 0 Å². The van der Waals surface area contributed by atoms with Crippen LogP contribution in [0.5, 0.6) is 0 Å². The first-order chi connectivity index (χ1) is 12.3. The Balaban J connectivity index is 0.00000168. The normalized spacial score (nSPS) is 16.2. The molecular formula is C20H24ClN5. The smallest absolute Gasteiger partial charge is 0.160 e. The first-order valence-electron chi connectivity index (χ1n) is 9.36. The van der Waals surface area contributed by atoms with Crippen molar-refractivity contribution in [3.63, 3.8) is 0 Å². The molecule has 0 amide bonds. The van der Waals surface area contributed by atoms with Gasteiger partial charge in [0.25, 0.3) is 0 Å². The number of aromatic nitrogens is 5. The van der Waals surface area contributed by atoms with Crippen molar-refractivity contribution in [3.8, 4) is 17.1 Å². The van der Waals surface area contributed by atoms with Gasteiger partial charge in [0.15, 0.2) is 11.6 Å². The standard InChI is InChI=1S/C20H23N5.ClH/c1-14-18-12-25-20(16-9-5-6-10-17(16)24(18)13-21-14)22-19(23-25)11-15-7-3-2-4-8-15;/h5-6,9-10,13,15H,2-4,7-8,11-12H2,1H3;1H. The third kappa shape index (κ3) is 2.84. The van der Waals surface area contributed by atoms with Crippen molar-refractivity contribution in [1.29, 1.82) is 0 Å². The summed E-state index contributed by atoms with van der Waals surface area (Å²) in [7, 11) is 0. The molecule has 2 aliphatic rings. The number of para-hydroxylation sites is 1. The van der Waals surface area contributed by atoms with Crippen molar-refractivity contribution in [1.82, 2.24) is 24.3 Å². The lowest BCUT2D eigenvalue weighted by Crippen LogP contribution is -2.11. The van der Waals surface area contributed by atoms with E-state index in [0.717, 1.165) is 47.5 Å². The van der Waals surface area contributed by atoms with E-state index in [4.69, 9.17) is 10.1 Å². The van der Waals surface area contributed by atoms with Crippen molar-refractivity contribution in [2.45, 2.75) is 52.0 Å². The molecule has 0 bridgehead atoms. The highest BCUT2D eigenvalue weighted by Gasteiger charge is 2.24. The Bertz CT molecular complexity index is 920. The Morgan fingerprint density at radius 1 is 1.12 bits per heavy atom. The SMILES string of the molecule is Cc1ncn2c1Cn1nc(CC3CCCCC3)nc1-c1ccccc1-2.Cl. The monoisotopic (exact) mass is 369 g/mol. The van der Waals surface area contributed by atoms with Gasteiger partial charge >= 0.3 is 0 Å². The van der Waals surface area contributed by atoms with Crippen LogP contribution in [-0.4, -0.2) is 24.3 Å². The highest BCUT2D eigenvalue weighted by atomic mass is 35.5. The average molecular weight is 370 g/mol. The second-order valence-corrected chi connectivity index (χ2v) is 7.38. The van der Waals surface area contributed by atoms with Gasteiger partial charge in [-0.1, -0.05) is 44.2 Å². The summed E-state index contributed by atoms with van der Waals surface area (Å²) in [6.07, 6.45) is 9.69. The van der Waals surface area contributed by atoms with Gasteiger partial charge in [0.1, 0.15) is 0 Å². The number of hydrogen-bond donors (Lipinski definition) is 0. The van der Waals surface area contributed by atoms with Gasteiger partial charge in [-0.15, -0.1) is 12.4 Å². The van der Waals surface area contributed by atoms with E-state index in [1.165, 1.54) is 37.8 Å². The molecule has 0 radical (unpaired) electrons. The van der Waals surface area contributed by atoms with E-state index in [-0.39, 0.29) is 12.4 Å². The molecule has 6 heteroatoms. The van der Waals surface area contributed by atoms with E-state index >= 15 is 0 Å². The molecule has 1 aliphatic heterocycles. The van der Waals surface area contributed by atoms with Crippen molar-refractivity contribution < 1.29 is 0 Å². The Kier molecular flexibility index (Phi) is 4.57. The molecule has 0 saturated heterocycles. The molecule has 0 spiro atoms. The first-order valence-corrected chi connectivity index (χ1v) is 9.36. The molecule has 26 heavy (non-hydrogen) atoms. The van der Waals surface area contributed by atoms with Crippen molar-refractivity contribution >= 4 is 12.4 Å². The molecule has 3 heterocycles. The van der Waals surface area contributed by atoms with Crippen LogP contribution in [0, 0.1) is 12.8 Å². The number of imidazole rings is 1. The molecule has 1 saturated carbocycles. The number of fused-ring (bicyclic) bond motifs is 5. The van der Waals surface area contributed by atoms with Gasteiger partial charge in [0.2, 0.25) is 0 Å². The van der Waals surface area contributed by atoms with Gasteiger partial charge in [-0.2, -0.15) is 5.10 Å². The highest BCUT2D eigenvalue weighted by molar-refractivity contribution is 5.85. The Morgan fingerprint density at radius 3 is 2.77 bits per heavy atom. The third-order valence-corrected chi connectivity index (χ3v) is 5.69. The molecule has 0 atom stereocenters. The highest BCUT2D eigenvalue weighted by Crippen LogP contribution is 2.32. The fourth-order valence-electron chi connectivity index (χ4n) is 4.31. The summed E-state index contributed by atoms with van der Waals surface area (Å²) in [6, 6.07) is 8.44. The quantitative estimate of drug-likeness (QED) is 0.528. The largest absolute Gasteiger partial charge is 0.300 e. The zero-order valence-corrected chi connectivity index (χ0v) is 15.9. The second-order valence-electron chi connectivity index (χ2n) is 7.38. The maximum Gasteiger partial charge on any atom is 0.160 e. The molecule has 5 rings (SSSR count). The minimum absolute atomic E-state index is 0. The predicted molar refractivity (Wildman–Crippen MR) is 104 cm³/mol. The van der Waals surface area contributed by atoms with Gasteiger partial charge in [-0.3, -0.25) is 0 Å². The van der Waals surface area contributed by atoms with Gasteiger partial charge in [-0.25, -0.2) is 14.6 Å². The molecule has 2 aromatic heterocycles. The lowest BCUT2D eigenvalue weighted by Gasteiger charge is -2.19. The van der Waals surface area contributed by atoms with Crippen LogP contribution in [0.25, 0.3) is 17.1 Å². The van der Waals surface area contributed by atoms with E-state index < -0.39 is 0 Å². The van der Waals surface area contributed by atoms with Gasteiger partial charge in [0.05, 0.1) is 29.9 Å². The number of aryl methyl sites for hydroxylation is 1. The second kappa shape index (κ2) is 6.88. The minimum Gasteiger partial charge on any atom is -0.300 e. The summed E-state index contributed by atoms with van der Waals surface area (Å²) in [4.78, 5) is 9.47.